The second-order valence-electron chi connectivity index (χ2n) is 2.95. The lowest BCUT2D eigenvalue weighted by atomic mass is 10.2. The van der Waals surface area contributed by atoms with Gasteiger partial charge in [-0.3, -0.25) is 0 Å². The molecule has 0 amide bonds. The fourth-order valence-corrected chi connectivity index (χ4v) is 0.870. The molecular formula is C10H9F2NO. The largest absolute Gasteiger partial charge is 0.492 e. The summed E-state index contributed by atoms with van der Waals surface area (Å²) in [5, 5.41) is 8.44. The first-order valence-corrected chi connectivity index (χ1v) is 4.10. The highest BCUT2D eigenvalue weighted by Gasteiger charge is 2.04. The Bertz CT molecular complexity index is 339. The van der Waals surface area contributed by atoms with Crippen molar-refractivity contribution >= 4 is 0 Å². The normalized spacial score (nSPS) is 11.9. The van der Waals surface area contributed by atoms with Gasteiger partial charge in [-0.05, 0) is 6.92 Å². The Hall–Kier alpha value is -1.63. The summed E-state index contributed by atoms with van der Waals surface area (Å²) in [6.45, 7) is 1.79. The maximum absolute atomic E-state index is 12.6. The van der Waals surface area contributed by atoms with Crippen LogP contribution in [0, 0.1) is 28.9 Å². The van der Waals surface area contributed by atoms with Gasteiger partial charge in [0.1, 0.15) is 24.0 Å². The van der Waals surface area contributed by atoms with Gasteiger partial charge in [-0.1, -0.05) is 0 Å². The van der Waals surface area contributed by atoms with Gasteiger partial charge < -0.3 is 4.74 Å². The number of nitrogens with zero attached hydrogens (tertiary/aromatic N) is 1. The molecule has 0 heterocycles. The van der Waals surface area contributed by atoms with Crippen LogP contribution in [-0.2, 0) is 0 Å². The Morgan fingerprint density at radius 2 is 1.93 bits per heavy atom. The zero-order valence-electron chi connectivity index (χ0n) is 7.63. The van der Waals surface area contributed by atoms with Crippen LogP contribution in [0.25, 0.3) is 0 Å². The molecule has 1 aromatic rings. The van der Waals surface area contributed by atoms with E-state index in [0.717, 1.165) is 18.2 Å². The number of hydrogen-bond acceptors (Lipinski definition) is 2. The second-order valence-corrected chi connectivity index (χ2v) is 2.95. The fourth-order valence-electron chi connectivity index (χ4n) is 0.870. The summed E-state index contributed by atoms with van der Waals surface area (Å²) in [4.78, 5) is 0. The van der Waals surface area contributed by atoms with Gasteiger partial charge in [0.05, 0.1) is 12.0 Å². The quantitative estimate of drug-likeness (QED) is 0.745. The maximum atomic E-state index is 12.6. The van der Waals surface area contributed by atoms with E-state index >= 15 is 0 Å². The Morgan fingerprint density at radius 3 is 2.43 bits per heavy atom. The summed E-state index contributed by atoms with van der Waals surface area (Å²) < 4.78 is 30.3. The molecule has 0 saturated carbocycles. The smallest absolute Gasteiger partial charge is 0.129 e. The minimum atomic E-state index is -0.690. The van der Waals surface area contributed by atoms with Crippen LogP contribution in [0.5, 0.6) is 5.75 Å². The molecule has 14 heavy (non-hydrogen) atoms. The first-order valence-electron chi connectivity index (χ1n) is 4.10. The topological polar surface area (TPSA) is 33.0 Å². The van der Waals surface area contributed by atoms with Gasteiger partial charge in [0.25, 0.3) is 0 Å². The minimum absolute atomic E-state index is 0.101. The van der Waals surface area contributed by atoms with Crippen LogP contribution in [0.2, 0.25) is 0 Å². The van der Waals surface area contributed by atoms with Crippen molar-refractivity contribution in [1.29, 1.82) is 5.26 Å². The molecule has 0 aliphatic rings. The predicted octanol–water partition coefficient (Wildman–Crippen LogP) is 2.50. The molecule has 0 spiro atoms. The number of nitriles is 1. The molecule has 0 N–H and O–H groups in total. The van der Waals surface area contributed by atoms with Crippen molar-refractivity contribution in [3.63, 3.8) is 0 Å². The van der Waals surface area contributed by atoms with Crippen LogP contribution in [0.4, 0.5) is 8.78 Å². The zero-order valence-corrected chi connectivity index (χ0v) is 7.63. The molecule has 4 heteroatoms. The summed E-state index contributed by atoms with van der Waals surface area (Å²) in [6, 6.07) is 4.87. The first-order chi connectivity index (χ1) is 6.61. The monoisotopic (exact) mass is 197 g/mol. The van der Waals surface area contributed by atoms with Crippen LogP contribution in [0.3, 0.4) is 0 Å². The van der Waals surface area contributed by atoms with Crippen LogP contribution in [0.1, 0.15) is 6.92 Å². The third kappa shape index (κ3) is 3.02. The summed E-state index contributed by atoms with van der Waals surface area (Å²) in [5.41, 5.74) is 0. The van der Waals surface area contributed by atoms with E-state index in [9.17, 15) is 8.78 Å². The van der Waals surface area contributed by atoms with Crippen molar-refractivity contribution in [1.82, 2.24) is 0 Å². The summed E-state index contributed by atoms with van der Waals surface area (Å²) >= 11 is 0. The lowest BCUT2D eigenvalue weighted by molar-refractivity contribution is 0.285. The Morgan fingerprint density at radius 1 is 1.36 bits per heavy atom. The SMILES string of the molecule is CC(C#N)COc1cc(F)cc(F)c1. The molecule has 0 radical (unpaired) electrons. The van der Waals surface area contributed by atoms with E-state index < -0.39 is 11.6 Å². The molecule has 1 rings (SSSR count). The molecular weight excluding hydrogens is 188 g/mol. The van der Waals surface area contributed by atoms with E-state index in [1.807, 2.05) is 6.07 Å². The lowest BCUT2D eigenvalue weighted by Gasteiger charge is -2.06. The van der Waals surface area contributed by atoms with Crippen molar-refractivity contribution in [3.8, 4) is 11.8 Å². The van der Waals surface area contributed by atoms with Crippen LogP contribution >= 0.6 is 0 Å². The minimum Gasteiger partial charge on any atom is -0.492 e. The average Bonchev–Trinajstić information content (AvgIpc) is 2.12. The van der Waals surface area contributed by atoms with Gasteiger partial charge in [0.2, 0.25) is 0 Å². The molecule has 0 aliphatic heterocycles. The van der Waals surface area contributed by atoms with Crippen LogP contribution in [-0.4, -0.2) is 6.61 Å². The van der Waals surface area contributed by atoms with Gasteiger partial charge in [-0.2, -0.15) is 5.26 Å². The lowest BCUT2D eigenvalue weighted by Crippen LogP contribution is -2.06. The van der Waals surface area contributed by atoms with Gasteiger partial charge in [0.15, 0.2) is 0 Å². The molecule has 1 unspecified atom stereocenters. The Balaban J connectivity index is 2.64. The number of benzene rings is 1. The van der Waals surface area contributed by atoms with E-state index in [0.29, 0.717) is 0 Å². The zero-order chi connectivity index (χ0) is 10.6. The molecule has 0 aliphatic carbocycles. The maximum Gasteiger partial charge on any atom is 0.129 e. The third-order valence-corrected chi connectivity index (χ3v) is 1.56. The van der Waals surface area contributed by atoms with Crippen LogP contribution < -0.4 is 4.74 Å². The molecule has 0 bridgehead atoms. The highest BCUT2D eigenvalue weighted by atomic mass is 19.1. The molecule has 2 nitrogen and oxygen atoms in total. The Kier molecular flexibility index (Phi) is 3.41. The number of ether oxygens (including phenoxy) is 1. The number of halogens is 2. The van der Waals surface area contributed by atoms with Crippen molar-refractivity contribution in [3.05, 3.63) is 29.8 Å². The van der Waals surface area contributed by atoms with Crippen molar-refractivity contribution in [2.45, 2.75) is 6.92 Å². The molecule has 1 aromatic carbocycles. The summed E-state index contributed by atoms with van der Waals surface area (Å²) in [7, 11) is 0. The van der Waals surface area contributed by atoms with Crippen molar-refractivity contribution < 1.29 is 13.5 Å². The fraction of sp³-hybridized carbons (Fsp3) is 0.300. The molecule has 1 atom stereocenters. The molecule has 0 aromatic heterocycles. The van der Waals surface area contributed by atoms with Gasteiger partial charge in [-0.15, -0.1) is 0 Å². The van der Waals surface area contributed by atoms with E-state index in [-0.39, 0.29) is 18.3 Å². The average molecular weight is 197 g/mol. The molecule has 74 valence electrons. The predicted molar refractivity (Wildman–Crippen MR) is 46.6 cm³/mol. The Labute approximate surface area is 80.7 Å². The standard InChI is InChI=1S/C10H9F2NO/c1-7(5-13)6-14-10-3-8(11)2-9(12)4-10/h2-4,7H,6H2,1H3. The van der Waals surface area contributed by atoms with Crippen molar-refractivity contribution in [2.75, 3.05) is 6.61 Å². The van der Waals surface area contributed by atoms with E-state index in [4.69, 9.17) is 10.00 Å². The summed E-state index contributed by atoms with van der Waals surface area (Å²) in [5.74, 6) is -1.58. The van der Waals surface area contributed by atoms with Crippen molar-refractivity contribution in [2.24, 2.45) is 5.92 Å². The highest BCUT2D eigenvalue weighted by molar-refractivity contribution is 5.23. The third-order valence-electron chi connectivity index (χ3n) is 1.56. The molecule has 0 fully saturated rings. The highest BCUT2D eigenvalue weighted by Crippen LogP contribution is 2.15. The second kappa shape index (κ2) is 4.56. The number of hydrogen-bond donors (Lipinski definition) is 0. The van der Waals surface area contributed by atoms with E-state index in [1.165, 1.54) is 0 Å². The van der Waals surface area contributed by atoms with Crippen LogP contribution in [0.15, 0.2) is 18.2 Å². The van der Waals surface area contributed by atoms with Gasteiger partial charge in [0, 0.05) is 18.2 Å². The van der Waals surface area contributed by atoms with Gasteiger partial charge in [-0.25, -0.2) is 8.78 Å². The van der Waals surface area contributed by atoms with E-state index in [2.05, 4.69) is 0 Å². The van der Waals surface area contributed by atoms with Gasteiger partial charge >= 0.3 is 0 Å². The first kappa shape index (κ1) is 10.5. The van der Waals surface area contributed by atoms with E-state index in [1.54, 1.807) is 6.92 Å². The molecule has 0 saturated heterocycles. The summed E-state index contributed by atoms with van der Waals surface area (Å²) in [6.07, 6.45) is 0. The number of rotatable bonds is 3.